The zero-order valence-corrected chi connectivity index (χ0v) is 12.4. The number of carboxylic acids is 1. The standard InChI is InChI=1S/C14H18ClNO2S/c1-2-19-10-7-6-9(8-10)16-12-5-3-4-11(15)13(12)14(17)18/h3-5,9-10,16H,2,6-8H2,1H3,(H,17,18). The van der Waals surface area contributed by atoms with Crippen LogP contribution < -0.4 is 5.32 Å². The summed E-state index contributed by atoms with van der Waals surface area (Å²) >= 11 is 7.95. The van der Waals surface area contributed by atoms with E-state index in [-0.39, 0.29) is 10.6 Å². The van der Waals surface area contributed by atoms with Crippen molar-refractivity contribution in [2.24, 2.45) is 0 Å². The highest BCUT2D eigenvalue weighted by Crippen LogP contribution is 2.33. The summed E-state index contributed by atoms with van der Waals surface area (Å²) < 4.78 is 0. The minimum absolute atomic E-state index is 0.177. The van der Waals surface area contributed by atoms with Crippen LogP contribution in [0.25, 0.3) is 0 Å². The van der Waals surface area contributed by atoms with Gasteiger partial charge in [0.1, 0.15) is 5.56 Å². The molecule has 3 nitrogen and oxygen atoms in total. The molecule has 2 N–H and O–H groups in total. The molecule has 2 atom stereocenters. The lowest BCUT2D eigenvalue weighted by molar-refractivity contribution is 0.0698. The Kier molecular flexibility index (Phi) is 4.99. The van der Waals surface area contributed by atoms with Crippen LogP contribution in [0.3, 0.4) is 0 Å². The summed E-state index contributed by atoms with van der Waals surface area (Å²) in [6.45, 7) is 2.17. The van der Waals surface area contributed by atoms with Gasteiger partial charge in [0.25, 0.3) is 0 Å². The molecule has 0 radical (unpaired) electrons. The number of halogens is 1. The first-order valence-corrected chi connectivity index (χ1v) is 7.94. The van der Waals surface area contributed by atoms with Crippen molar-refractivity contribution in [1.82, 2.24) is 0 Å². The first-order valence-electron chi connectivity index (χ1n) is 6.51. The Morgan fingerprint density at radius 2 is 2.32 bits per heavy atom. The van der Waals surface area contributed by atoms with E-state index in [9.17, 15) is 9.90 Å². The fourth-order valence-electron chi connectivity index (χ4n) is 2.54. The lowest BCUT2D eigenvalue weighted by Gasteiger charge is -2.17. The maximum absolute atomic E-state index is 11.3. The number of carbonyl (C=O) groups is 1. The molecule has 1 aromatic rings. The van der Waals surface area contributed by atoms with Crippen LogP contribution in [0.4, 0.5) is 5.69 Å². The van der Waals surface area contributed by atoms with Crippen molar-refractivity contribution in [2.45, 2.75) is 37.5 Å². The van der Waals surface area contributed by atoms with Gasteiger partial charge in [-0.05, 0) is 37.1 Å². The third-order valence-electron chi connectivity index (χ3n) is 3.37. The van der Waals surface area contributed by atoms with Crippen molar-refractivity contribution in [3.63, 3.8) is 0 Å². The minimum atomic E-state index is -0.981. The fourth-order valence-corrected chi connectivity index (χ4v) is 3.94. The van der Waals surface area contributed by atoms with Gasteiger partial charge in [0.15, 0.2) is 0 Å². The number of thioether (sulfide) groups is 1. The number of aromatic carboxylic acids is 1. The van der Waals surface area contributed by atoms with Crippen molar-refractivity contribution in [2.75, 3.05) is 11.1 Å². The normalized spacial score (nSPS) is 22.4. The molecule has 1 fully saturated rings. The van der Waals surface area contributed by atoms with E-state index < -0.39 is 5.97 Å². The first-order chi connectivity index (χ1) is 9.11. The molecule has 0 amide bonds. The molecule has 1 aliphatic rings. The van der Waals surface area contributed by atoms with Crippen molar-refractivity contribution in [1.29, 1.82) is 0 Å². The number of hydrogen-bond donors (Lipinski definition) is 2. The molecule has 19 heavy (non-hydrogen) atoms. The SMILES string of the molecule is CCSC1CCC(Nc2cccc(Cl)c2C(=O)O)C1. The number of hydrogen-bond acceptors (Lipinski definition) is 3. The zero-order chi connectivity index (χ0) is 13.8. The molecule has 0 spiro atoms. The van der Waals surface area contributed by atoms with E-state index in [0.29, 0.717) is 17.0 Å². The van der Waals surface area contributed by atoms with Crippen LogP contribution in [0.1, 0.15) is 36.5 Å². The predicted molar refractivity (Wildman–Crippen MR) is 81.6 cm³/mol. The molecule has 2 unspecified atom stereocenters. The van der Waals surface area contributed by atoms with E-state index in [0.717, 1.165) is 18.6 Å². The molecule has 1 saturated carbocycles. The Labute approximate surface area is 122 Å². The molecule has 104 valence electrons. The van der Waals surface area contributed by atoms with E-state index in [1.165, 1.54) is 6.42 Å². The van der Waals surface area contributed by atoms with E-state index in [1.54, 1.807) is 18.2 Å². The topological polar surface area (TPSA) is 49.3 Å². The highest BCUT2D eigenvalue weighted by molar-refractivity contribution is 7.99. The first kappa shape index (κ1) is 14.5. The molecule has 1 aliphatic carbocycles. The Hall–Kier alpha value is -0.870. The van der Waals surface area contributed by atoms with E-state index in [4.69, 9.17) is 11.6 Å². The summed E-state index contributed by atoms with van der Waals surface area (Å²) in [6.07, 6.45) is 3.37. The minimum Gasteiger partial charge on any atom is -0.478 e. The number of anilines is 1. The second-order valence-electron chi connectivity index (χ2n) is 4.70. The van der Waals surface area contributed by atoms with Crippen LogP contribution in [0, 0.1) is 0 Å². The van der Waals surface area contributed by atoms with Gasteiger partial charge < -0.3 is 10.4 Å². The molecule has 2 rings (SSSR count). The molecule has 0 bridgehead atoms. The molecule has 1 aromatic carbocycles. The third kappa shape index (κ3) is 3.57. The smallest absolute Gasteiger partial charge is 0.339 e. The van der Waals surface area contributed by atoms with Gasteiger partial charge in [-0.1, -0.05) is 24.6 Å². The number of benzene rings is 1. The summed E-state index contributed by atoms with van der Waals surface area (Å²) in [5, 5.41) is 13.5. The van der Waals surface area contributed by atoms with Crippen LogP contribution in [-0.4, -0.2) is 28.1 Å². The Morgan fingerprint density at radius 1 is 1.53 bits per heavy atom. The Morgan fingerprint density at radius 3 is 3.00 bits per heavy atom. The number of carboxylic acid groups (broad SMARTS) is 1. The van der Waals surface area contributed by atoms with Gasteiger partial charge in [-0.15, -0.1) is 0 Å². The van der Waals surface area contributed by atoms with Gasteiger partial charge in [0.2, 0.25) is 0 Å². The lowest BCUT2D eigenvalue weighted by Crippen LogP contribution is -2.18. The quantitative estimate of drug-likeness (QED) is 0.858. The third-order valence-corrected chi connectivity index (χ3v) is 4.92. The van der Waals surface area contributed by atoms with Crippen LogP contribution in [-0.2, 0) is 0 Å². The second kappa shape index (κ2) is 6.53. The Balaban J connectivity index is 2.08. The highest BCUT2D eigenvalue weighted by Gasteiger charge is 2.26. The maximum atomic E-state index is 11.3. The summed E-state index contributed by atoms with van der Waals surface area (Å²) in [6, 6.07) is 5.53. The Bertz CT molecular complexity index is 467. The molecule has 0 aliphatic heterocycles. The second-order valence-corrected chi connectivity index (χ2v) is 6.68. The van der Waals surface area contributed by atoms with E-state index in [1.807, 2.05) is 11.8 Å². The van der Waals surface area contributed by atoms with Gasteiger partial charge in [-0.2, -0.15) is 11.8 Å². The van der Waals surface area contributed by atoms with Gasteiger partial charge in [-0.3, -0.25) is 0 Å². The van der Waals surface area contributed by atoms with Gasteiger partial charge in [0.05, 0.1) is 10.7 Å². The van der Waals surface area contributed by atoms with Gasteiger partial charge in [-0.25, -0.2) is 4.79 Å². The molecule has 0 saturated heterocycles. The van der Waals surface area contributed by atoms with E-state index in [2.05, 4.69) is 12.2 Å². The van der Waals surface area contributed by atoms with Crippen molar-refractivity contribution in [3.05, 3.63) is 28.8 Å². The van der Waals surface area contributed by atoms with Crippen LogP contribution in [0.5, 0.6) is 0 Å². The molecular formula is C14H18ClNO2S. The lowest BCUT2D eigenvalue weighted by atomic mass is 10.1. The molecule has 0 heterocycles. The van der Waals surface area contributed by atoms with Crippen molar-refractivity contribution in [3.8, 4) is 0 Å². The highest BCUT2D eigenvalue weighted by atomic mass is 35.5. The fraction of sp³-hybridized carbons (Fsp3) is 0.500. The van der Waals surface area contributed by atoms with Crippen LogP contribution in [0.15, 0.2) is 18.2 Å². The number of rotatable bonds is 5. The molecule has 0 aromatic heterocycles. The number of nitrogens with one attached hydrogen (secondary N) is 1. The zero-order valence-electron chi connectivity index (χ0n) is 10.9. The average Bonchev–Trinajstić information content (AvgIpc) is 2.76. The summed E-state index contributed by atoms with van der Waals surface area (Å²) in [5.41, 5.74) is 0.808. The summed E-state index contributed by atoms with van der Waals surface area (Å²) in [7, 11) is 0. The van der Waals surface area contributed by atoms with Crippen molar-refractivity contribution >= 4 is 35.0 Å². The van der Waals surface area contributed by atoms with Crippen LogP contribution in [0.2, 0.25) is 5.02 Å². The summed E-state index contributed by atoms with van der Waals surface area (Å²) in [4.78, 5) is 11.3. The van der Waals surface area contributed by atoms with Crippen molar-refractivity contribution < 1.29 is 9.90 Å². The monoisotopic (exact) mass is 299 g/mol. The van der Waals surface area contributed by atoms with Gasteiger partial charge in [0, 0.05) is 11.3 Å². The average molecular weight is 300 g/mol. The van der Waals surface area contributed by atoms with E-state index >= 15 is 0 Å². The van der Waals surface area contributed by atoms with Gasteiger partial charge >= 0.3 is 5.97 Å². The maximum Gasteiger partial charge on any atom is 0.339 e. The molecule has 5 heteroatoms. The van der Waals surface area contributed by atoms with Crippen LogP contribution >= 0.6 is 23.4 Å². The summed E-state index contributed by atoms with van der Waals surface area (Å²) in [5.74, 6) is 0.153. The molecular weight excluding hydrogens is 282 g/mol. The predicted octanol–water partition coefficient (Wildman–Crippen LogP) is 4.12. The largest absolute Gasteiger partial charge is 0.478 e.